The van der Waals surface area contributed by atoms with E-state index in [0.29, 0.717) is 45.6 Å². The van der Waals surface area contributed by atoms with Gasteiger partial charge in [-0.2, -0.15) is 4.98 Å². The Labute approximate surface area is 204 Å². The fourth-order valence-corrected chi connectivity index (χ4v) is 6.77. The van der Waals surface area contributed by atoms with Crippen molar-refractivity contribution in [1.29, 1.82) is 0 Å². The maximum Gasteiger partial charge on any atom is 0.227 e. The number of nitrogens with one attached hydrogen (secondary N) is 1. The number of aryl methyl sites for hydroxylation is 1. The summed E-state index contributed by atoms with van der Waals surface area (Å²) in [6.45, 7) is 1.31. The molecule has 4 heterocycles. The molecule has 1 saturated carbocycles. The molecule has 1 atom stereocenters. The van der Waals surface area contributed by atoms with Gasteiger partial charge in [0.05, 0.1) is 34.2 Å². The first kappa shape index (κ1) is 21.5. The number of aromatic nitrogens is 3. The molecule has 2 aliphatic heterocycles. The summed E-state index contributed by atoms with van der Waals surface area (Å²) in [5, 5.41) is 15.6. The number of aliphatic hydroxyl groups excluding tert-OH is 1. The monoisotopic (exact) mass is 503 g/mol. The van der Waals surface area contributed by atoms with Crippen LogP contribution in [0.2, 0.25) is 10.2 Å². The molecule has 6 rings (SSSR count). The van der Waals surface area contributed by atoms with Crippen LogP contribution >= 0.6 is 23.2 Å². The van der Waals surface area contributed by atoms with Gasteiger partial charge in [-0.1, -0.05) is 29.3 Å². The Morgan fingerprint density at radius 1 is 1.15 bits per heavy atom. The van der Waals surface area contributed by atoms with Crippen LogP contribution in [0.4, 0.5) is 11.8 Å². The molecule has 172 valence electrons. The summed E-state index contributed by atoms with van der Waals surface area (Å²) in [7, 11) is -1.12. The van der Waals surface area contributed by atoms with Crippen molar-refractivity contribution in [2.75, 3.05) is 29.1 Å². The Morgan fingerprint density at radius 3 is 2.76 bits per heavy atom. The predicted octanol–water partition coefficient (Wildman–Crippen LogP) is 3.88. The van der Waals surface area contributed by atoms with Crippen LogP contribution in [-0.4, -0.2) is 48.7 Å². The lowest BCUT2D eigenvalue weighted by molar-refractivity contribution is 0.143. The van der Waals surface area contributed by atoms with Crippen molar-refractivity contribution in [3.63, 3.8) is 0 Å². The lowest BCUT2D eigenvalue weighted by Crippen LogP contribution is -2.48. The van der Waals surface area contributed by atoms with E-state index in [1.807, 2.05) is 18.2 Å². The number of rotatable bonds is 4. The molecule has 0 spiro atoms. The molecule has 0 amide bonds. The quantitative estimate of drug-likeness (QED) is 0.521. The van der Waals surface area contributed by atoms with Gasteiger partial charge in [0, 0.05) is 41.2 Å². The zero-order valence-electron chi connectivity index (χ0n) is 17.9. The average molecular weight is 504 g/mol. The second kappa shape index (κ2) is 8.05. The molecular weight excluding hydrogens is 481 g/mol. The predicted molar refractivity (Wildman–Crippen MR) is 131 cm³/mol. The summed E-state index contributed by atoms with van der Waals surface area (Å²) in [5.74, 6) is 1.75. The minimum atomic E-state index is -1.12. The van der Waals surface area contributed by atoms with E-state index in [1.54, 1.807) is 0 Å². The number of fused-ring (bicyclic) bond motifs is 4. The molecule has 10 heteroatoms. The Kier molecular flexibility index (Phi) is 5.25. The Morgan fingerprint density at radius 2 is 2.00 bits per heavy atom. The average Bonchev–Trinajstić information content (AvgIpc) is 3.16. The number of benzene rings is 1. The molecule has 0 unspecified atom stereocenters. The third-order valence-corrected chi connectivity index (χ3v) is 9.06. The minimum Gasteiger partial charge on any atom is -0.394 e. The van der Waals surface area contributed by atoms with Crippen molar-refractivity contribution < 1.29 is 9.32 Å². The fraction of sp³-hybridized carbons (Fsp3) is 0.435. The van der Waals surface area contributed by atoms with Crippen molar-refractivity contribution in [2.24, 2.45) is 0 Å². The van der Waals surface area contributed by atoms with Gasteiger partial charge in [-0.05, 0) is 43.4 Å². The van der Waals surface area contributed by atoms with Crippen molar-refractivity contribution in [1.82, 2.24) is 15.0 Å². The van der Waals surface area contributed by atoms with Crippen LogP contribution in [0.15, 0.2) is 23.1 Å². The first-order chi connectivity index (χ1) is 16.0. The van der Waals surface area contributed by atoms with Gasteiger partial charge in [-0.25, -0.2) is 9.97 Å². The highest BCUT2D eigenvalue weighted by atomic mass is 35.5. The molecule has 2 aromatic heterocycles. The summed E-state index contributed by atoms with van der Waals surface area (Å²) in [5.41, 5.74) is 3.42. The Hall–Kier alpha value is -2.00. The van der Waals surface area contributed by atoms with Crippen LogP contribution in [0.1, 0.15) is 36.1 Å². The standard InChI is InChI=1S/C23H23Cl2N5O2S/c24-13-2-3-15-14-4-8-30(11-16(14)20(25)26-18(15)10-13)22-27-17-5-9-33(32)19(17)21(28-22)29-23(12-31)6-1-7-23/h2-3,10,31H,1,4-9,11-12H2,(H,27,28,29)/t33-/m0/s1. The molecule has 0 saturated heterocycles. The van der Waals surface area contributed by atoms with Gasteiger partial charge in [-0.15, -0.1) is 0 Å². The topological polar surface area (TPSA) is 91.2 Å². The molecule has 3 aromatic rings. The zero-order valence-corrected chi connectivity index (χ0v) is 20.2. The van der Waals surface area contributed by atoms with E-state index in [1.165, 1.54) is 5.56 Å². The van der Waals surface area contributed by atoms with Gasteiger partial charge in [0.15, 0.2) is 0 Å². The number of pyridine rings is 1. The SMILES string of the molecule is O=[S@]1CCc2nc(N3CCc4c(c(Cl)nc5cc(Cl)ccc45)C3)nc(NC3(CO)CCC3)c21. The van der Waals surface area contributed by atoms with E-state index in [-0.39, 0.29) is 12.1 Å². The van der Waals surface area contributed by atoms with Crippen LogP contribution < -0.4 is 10.2 Å². The third kappa shape index (κ3) is 3.58. The van der Waals surface area contributed by atoms with Crippen LogP contribution in [0.25, 0.3) is 10.9 Å². The number of hydrogen-bond donors (Lipinski definition) is 2. The molecule has 1 aliphatic carbocycles. The molecule has 33 heavy (non-hydrogen) atoms. The zero-order chi connectivity index (χ0) is 22.7. The summed E-state index contributed by atoms with van der Waals surface area (Å²) in [4.78, 5) is 17.0. The minimum absolute atomic E-state index is 0.0310. The van der Waals surface area contributed by atoms with Gasteiger partial charge in [0.2, 0.25) is 5.95 Å². The van der Waals surface area contributed by atoms with E-state index in [0.717, 1.165) is 54.4 Å². The van der Waals surface area contributed by atoms with Crippen LogP contribution in [0.3, 0.4) is 0 Å². The Balaban J connectivity index is 1.38. The van der Waals surface area contributed by atoms with Gasteiger partial charge in [0.1, 0.15) is 15.9 Å². The van der Waals surface area contributed by atoms with E-state index in [4.69, 9.17) is 33.2 Å². The molecule has 3 aliphatic rings. The van der Waals surface area contributed by atoms with Gasteiger partial charge < -0.3 is 15.3 Å². The van der Waals surface area contributed by atoms with E-state index in [2.05, 4.69) is 15.2 Å². The smallest absolute Gasteiger partial charge is 0.227 e. The third-order valence-electron chi connectivity index (χ3n) is 7.05. The highest BCUT2D eigenvalue weighted by Crippen LogP contribution is 2.39. The fourth-order valence-electron chi connectivity index (χ4n) is 5.03. The number of aliphatic hydroxyl groups is 1. The lowest BCUT2D eigenvalue weighted by atomic mass is 9.77. The van der Waals surface area contributed by atoms with Crippen molar-refractivity contribution in [2.45, 2.75) is 49.1 Å². The largest absolute Gasteiger partial charge is 0.394 e. The van der Waals surface area contributed by atoms with E-state index in [9.17, 15) is 9.32 Å². The number of halogens is 2. The van der Waals surface area contributed by atoms with Gasteiger partial charge in [-0.3, -0.25) is 4.21 Å². The van der Waals surface area contributed by atoms with E-state index >= 15 is 0 Å². The normalized spacial score (nSPS) is 20.9. The molecule has 2 N–H and O–H groups in total. The molecule has 7 nitrogen and oxygen atoms in total. The molecule has 0 radical (unpaired) electrons. The highest BCUT2D eigenvalue weighted by molar-refractivity contribution is 7.85. The number of hydrogen-bond acceptors (Lipinski definition) is 7. The molecular formula is C23H23Cl2N5O2S. The summed E-state index contributed by atoms with van der Waals surface area (Å²) < 4.78 is 12.7. The highest BCUT2D eigenvalue weighted by Gasteiger charge is 2.39. The Bertz CT molecular complexity index is 1310. The molecule has 1 aromatic carbocycles. The van der Waals surface area contributed by atoms with Crippen LogP contribution in [0, 0.1) is 0 Å². The maximum absolute atomic E-state index is 12.7. The summed E-state index contributed by atoms with van der Waals surface area (Å²) in [6, 6.07) is 5.73. The van der Waals surface area contributed by atoms with Gasteiger partial charge in [0.25, 0.3) is 0 Å². The molecule has 1 fully saturated rings. The second-order valence-electron chi connectivity index (χ2n) is 9.06. The second-order valence-corrected chi connectivity index (χ2v) is 11.4. The maximum atomic E-state index is 12.7. The lowest BCUT2D eigenvalue weighted by Gasteiger charge is -2.41. The van der Waals surface area contributed by atoms with Gasteiger partial charge >= 0.3 is 0 Å². The summed E-state index contributed by atoms with van der Waals surface area (Å²) >= 11 is 12.7. The van der Waals surface area contributed by atoms with Crippen molar-refractivity contribution in [3.05, 3.63) is 45.2 Å². The molecule has 0 bridgehead atoms. The first-order valence-electron chi connectivity index (χ1n) is 11.2. The van der Waals surface area contributed by atoms with Crippen molar-refractivity contribution in [3.8, 4) is 0 Å². The number of anilines is 2. The van der Waals surface area contributed by atoms with E-state index < -0.39 is 10.8 Å². The van der Waals surface area contributed by atoms with Crippen LogP contribution in [0.5, 0.6) is 0 Å². The number of nitrogens with zero attached hydrogens (tertiary/aromatic N) is 4. The summed E-state index contributed by atoms with van der Waals surface area (Å²) in [6.07, 6.45) is 4.26. The van der Waals surface area contributed by atoms with Crippen LogP contribution in [-0.2, 0) is 30.2 Å². The van der Waals surface area contributed by atoms with Crippen molar-refractivity contribution >= 4 is 56.7 Å². The first-order valence-corrected chi connectivity index (χ1v) is 13.2.